The van der Waals surface area contributed by atoms with E-state index in [-0.39, 0.29) is 0 Å². The van der Waals surface area contributed by atoms with Crippen molar-refractivity contribution in [3.8, 4) is 0 Å². The fourth-order valence-corrected chi connectivity index (χ4v) is 2.46. The molecular formula is C17H32N2. The van der Waals surface area contributed by atoms with Gasteiger partial charge in [0.25, 0.3) is 0 Å². The van der Waals surface area contributed by atoms with Crippen LogP contribution in [0, 0.1) is 0 Å². The number of unbranched alkanes of at least 4 members (excludes halogenated alkanes) is 6. The smallest absolute Gasteiger partial charge is 0.0359 e. The summed E-state index contributed by atoms with van der Waals surface area (Å²) in [5, 5.41) is 3.48. The Morgan fingerprint density at radius 3 is 2.42 bits per heavy atom. The zero-order chi connectivity index (χ0) is 13.8. The molecule has 0 spiro atoms. The highest BCUT2D eigenvalue weighted by Gasteiger charge is 2.00. The van der Waals surface area contributed by atoms with E-state index < -0.39 is 0 Å². The van der Waals surface area contributed by atoms with E-state index in [0.717, 1.165) is 13.1 Å². The third-order valence-electron chi connectivity index (χ3n) is 3.66. The summed E-state index contributed by atoms with van der Waals surface area (Å²) in [5.41, 5.74) is 1.43. The monoisotopic (exact) mass is 264 g/mol. The van der Waals surface area contributed by atoms with Crippen LogP contribution in [0.25, 0.3) is 0 Å². The van der Waals surface area contributed by atoms with Crippen molar-refractivity contribution in [1.82, 2.24) is 9.88 Å². The number of hydrogen-bond donors (Lipinski definition) is 1. The van der Waals surface area contributed by atoms with Crippen LogP contribution in [0.5, 0.6) is 0 Å². The van der Waals surface area contributed by atoms with Crippen LogP contribution in [0.2, 0.25) is 0 Å². The average molecular weight is 264 g/mol. The summed E-state index contributed by atoms with van der Waals surface area (Å²) in [6, 6.07) is 4.41. The van der Waals surface area contributed by atoms with Crippen LogP contribution in [0.1, 0.15) is 70.9 Å². The summed E-state index contributed by atoms with van der Waals surface area (Å²) >= 11 is 0. The molecule has 0 aliphatic rings. The molecule has 0 aliphatic carbocycles. The molecular weight excluding hydrogens is 232 g/mol. The maximum absolute atomic E-state index is 3.48. The lowest BCUT2D eigenvalue weighted by Crippen LogP contribution is -2.16. The topological polar surface area (TPSA) is 17.0 Å². The van der Waals surface area contributed by atoms with E-state index >= 15 is 0 Å². The minimum Gasteiger partial charge on any atom is -0.350 e. The first kappa shape index (κ1) is 16.3. The summed E-state index contributed by atoms with van der Waals surface area (Å²) in [4.78, 5) is 0. The first-order valence-electron chi connectivity index (χ1n) is 8.23. The van der Waals surface area contributed by atoms with Crippen molar-refractivity contribution < 1.29 is 0 Å². The van der Waals surface area contributed by atoms with Gasteiger partial charge in [0.15, 0.2) is 0 Å². The number of nitrogens with zero attached hydrogens (tertiary/aromatic N) is 1. The molecule has 0 amide bonds. The summed E-state index contributed by atoms with van der Waals surface area (Å²) in [5.74, 6) is 0. The molecule has 0 aliphatic heterocycles. The Hall–Kier alpha value is -0.760. The molecule has 1 aromatic rings. The standard InChI is InChI=1S/C17H32N2/c1-3-5-6-7-8-9-10-14-19-15-11-12-17(19)16-18-13-4-2/h11-12,15,18H,3-10,13-14,16H2,1-2H3. The van der Waals surface area contributed by atoms with Gasteiger partial charge in [0, 0.05) is 25.0 Å². The first-order chi connectivity index (χ1) is 9.38. The molecule has 110 valence electrons. The fourth-order valence-electron chi connectivity index (χ4n) is 2.46. The van der Waals surface area contributed by atoms with Crippen molar-refractivity contribution in [1.29, 1.82) is 0 Å². The lowest BCUT2D eigenvalue weighted by Gasteiger charge is -2.10. The predicted octanol–water partition coefficient (Wildman–Crippen LogP) is 4.74. The zero-order valence-electron chi connectivity index (χ0n) is 13.0. The maximum atomic E-state index is 3.48. The highest BCUT2D eigenvalue weighted by Crippen LogP contribution is 2.09. The molecule has 19 heavy (non-hydrogen) atoms. The lowest BCUT2D eigenvalue weighted by molar-refractivity contribution is 0.534. The second-order valence-corrected chi connectivity index (χ2v) is 5.49. The molecule has 1 heterocycles. The zero-order valence-corrected chi connectivity index (χ0v) is 13.0. The van der Waals surface area contributed by atoms with Gasteiger partial charge in [-0.15, -0.1) is 0 Å². The summed E-state index contributed by atoms with van der Waals surface area (Å²) in [7, 11) is 0. The lowest BCUT2D eigenvalue weighted by atomic mass is 10.1. The first-order valence-corrected chi connectivity index (χ1v) is 8.23. The van der Waals surface area contributed by atoms with Gasteiger partial charge >= 0.3 is 0 Å². The van der Waals surface area contributed by atoms with Crippen molar-refractivity contribution in [3.63, 3.8) is 0 Å². The molecule has 0 bridgehead atoms. The van der Waals surface area contributed by atoms with Gasteiger partial charge < -0.3 is 9.88 Å². The minimum atomic E-state index is 1.01. The molecule has 1 N–H and O–H groups in total. The summed E-state index contributed by atoms with van der Waals surface area (Å²) in [6.07, 6.45) is 13.1. The van der Waals surface area contributed by atoms with Crippen LogP contribution in [0.4, 0.5) is 0 Å². The number of hydrogen-bond acceptors (Lipinski definition) is 1. The van der Waals surface area contributed by atoms with E-state index in [1.165, 1.54) is 63.6 Å². The van der Waals surface area contributed by atoms with E-state index in [0.29, 0.717) is 0 Å². The van der Waals surface area contributed by atoms with E-state index in [2.05, 4.69) is 42.1 Å². The number of aromatic nitrogens is 1. The number of aryl methyl sites for hydroxylation is 1. The Bertz CT molecular complexity index is 304. The molecule has 0 saturated carbocycles. The summed E-state index contributed by atoms with van der Waals surface area (Å²) in [6.45, 7) is 7.80. The van der Waals surface area contributed by atoms with Crippen molar-refractivity contribution in [3.05, 3.63) is 24.0 Å². The number of rotatable bonds is 12. The van der Waals surface area contributed by atoms with Crippen molar-refractivity contribution in [2.45, 2.75) is 78.3 Å². The van der Waals surface area contributed by atoms with E-state index in [1.807, 2.05) is 0 Å². The molecule has 0 radical (unpaired) electrons. The van der Waals surface area contributed by atoms with Gasteiger partial charge in [-0.05, 0) is 31.5 Å². The van der Waals surface area contributed by atoms with E-state index in [4.69, 9.17) is 0 Å². The highest BCUT2D eigenvalue weighted by molar-refractivity contribution is 5.06. The van der Waals surface area contributed by atoms with E-state index in [1.54, 1.807) is 0 Å². The third kappa shape index (κ3) is 7.41. The van der Waals surface area contributed by atoms with Crippen LogP contribution in [0.15, 0.2) is 18.3 Å². The number of nitrogens with one attached hydrogen (secondary N) is 1. The van der Waals surface area contributed by atoms with Crippen molar-refractivity contribution in [2.75, 3.05) is 6.54 Å². The van der Waals surface area contributed by atoms with Gasteiger partial charge in [-0.2, -0.15) is 0 Å². The van der Waals surface area contributed by atoms with Crippen LogP contribution in [0.3, 0.4) is 0 Å². The molecule has 0 fully saturated rings. The maximum Gasteiger partial charge on any atom is 0.0359 e. The average Bonchev–Trinajstić information content (AvgIpc) is 2.86. The predicted molar refractivity (Wildman–Crippen MR) is 84.4 cm³/mol. The Balaban J connectivity index is 2.10. The van der Waals surface area contributed by atoms with Gasteiger partial charge in [-0.25, -0.2) is 0 Å². The van der Waals surface area contributed by atoms with Gasteiger partial charge in [-0.3, -0.25) is 0 Å². The van der Waals surface area contributed by atoms with Gasteiger partial charge in [-0.1, -0.05) is 52.4 Å². The molecule has 1 rings (SSSR count). The minimum absolute atomic E-state index is 1.01. The molecule has 2 nitrogen and oxygen atoms in total. The molecule has 1 aromatic heterocycles. The molecule has 0 saturated heterocycles. The van der Waals surface area contributed by atoms with Crippen LogP contribution >= 0.6 is 0 Å². The quantitative estimate of drug-likeness (QED) is 0.540. The Morgan fingerprint density at radius 2 is 1.68 bits per heavy atom. The van der Waals surface area contributed by atoms with Crippen LogP contribution in [-0.4, -0.2) is 11.1 Å². The SMILES string of the molecule is CCCCCCCCCn1cccc1CNCCC. The molecule has 2 heteroatoms. The van der Waals surface area contributed by atoms with Crippen LogP contribution in [-0.2, 0) is 13.1 Å². The molecule has 0 unspecified atom stereocenters. The van der Waals surface area contributed by atoms with Gasteiger partial charge in [0.05, 0.1) is 0 Å². The van der Waals surface area contributed by atoms with Gasteiger partial charge in [0.1, 0.15) is 0 Å². The molecule has 0 atom stereocenters. The Morgan fingerprint density at radius 1 is 0.947 bits per heavy atom. The van der Waals surface area contributed by atoms with E-state index in [9.17, 15) is 0 Å². The Labute approximate surface area is 119 Å². The fraction of sp³-hybridized carbons (Fsp3) is 0.765. The normalized spacial score (nSPS) is 11.1. The third-order valence-corrected chi connectivity index (χ3v) is 3.66. The largest absolute Gasteiger partial charge is 0.350 e. The second kappa shape index (κ2) is 11.1. The van der Waals surface area contributed by atoms with Gasteiger partial charge in [0.2, 0.25) is 0 Å². The Kier molecular flexibility index (Phi) is 9.52. The highest BCUT2D eigenvalue weighted by atomic mass is 15.0. The van der Waals surface area contributed by atoms with Crippen molar-refractivity contribution >= 4 is 0 Å². The molecule has 0 aromatic carbocycles. The summed E-state index contributed by atoms with van der Waals surface area (Å²) < 4.78 is 2.41. The second-order valence-electron chi connectivity index (χ2n) is 5.49. The van der Waals surface area contributed by atoms with Crippen LogP contribution < -0.4 is 5.32 Å². The van der Waals surface area contributed by atoms with Crippen molar-refractivity contribution in [2.24, 2.45) is 0 Å².